The first-order chi connectivity index (χ1) is 14.4. The van der Waals surface area contributed by atoms with Crippen molar-refractivity contribution in [2.45, 2.75) is 56.0 Å². The highest BCUT2D eigenvalue weighted by atomic mass is 32.2. The molecule has 2 aromatic carbocycles. The summed E-state index contributed by atoms with van der Waals surface area (Å²) in [6.07, 6.45) is 6.55. The van der Waals surface area contributed by atoms with Gasteiger partial charge in [-0.25, -0.2) is 8.42 Å². The fourth-order valence-corrected chi connectivity index (χ4v) is 5.14. The molecule has 1 amide bonds. The van der Waals surface area contributed by atoms with E-state index in [-0.39, 0.29) is 29.1 Å². The molecule has 1 aliphatic rings. The zero-order valence-corrected chi connectivity index (χ0v) is 18.5. The molecule has 2 aromatic rings. The molecule has 0 radical (unpaired) electrons. The number of nitrogens with one attached hydrogen (secondary N) is 1. The van der Waals surface area contributed by atoms with E-state index in [0.717, 1.165) is 31.2 Å². The van der Waals surface area contributed by atoms with Crippen molar-refractivity contribution in [1.82, 2.24) is 9.62 Å². The molecular formula is C23H30N2O4S. The number of sulfonamides is 1. The molecule has 30 heavy (non-hydrogen) atoms. The van der Waals surface area contributed by atoms with Crippen molar-refractivity contribution in [2.24, 2.45) is 0 Å². The van der Waals surface area contributed by atoms with Gasteiger partial charge in [0.2, 0.25) is 10.0 Å². The minimum Gasteiger partial charge on any atom is -0.495 e. The van der Waals surface area contributed by atoms with Gasteiger partial charge in [0.15, 0.2) is 0 Å². The predicted octanol–water partition coefficient (Wildman–Crippen LogP) is 3.97. The van der Waals surface area contributed by atoms with Crippen LogP contribution in [0.15, 0.2) is 53.4 Å². The topological polar surface area (TPSA) is 75.7 Å². The van der Waals surface area contributed by atoms with Crippen molar-refractivity contribution in [3.05, 3.63) is 59.7 Å². The Labute approximate surface area is 179 Å². The summed E-state index contributed by atoms with van der Waals surface area (Å²) < 4.78 is 33.0. The van der Waals surface area contributed by atoms with Gasteiger partial charge in [-0.3, -0.25) is 4.79 Å². The number of benzene rings is 2. The van der Waals surface area contributed by atoms with Crippen LogP contribution in [0.2, 0.25) is 0 Å². The number of rotatable bonds is 7. The van der Waals surface area contributed by atoms with Crippen molar-refractivity contribution in [3.8, 4) is 5.75 Å². The smallest absolute Gasteiger partial charge is 0.251 e. The van der Waals surface area contributed by atoms with Crippen LogP contribution in [0.3, 0.4) is 0 Å². The zero-order chi connectivity index (χ0) is 21.6. The van der Waals surface area contributed by atoms with E-state index in [1.54, 1.807) is 12.1 Å². The molecule has 0 unspecified atom stereocenters. The minimum absolute atomic E-state index is 0.00283. The van der Waals surface area contributed by atoms with Gasteiger partial charge in [0.1, 0.15) is 10.6 Å². The number of ether oxygens (including phenoxy) is 1. The summed E-state index contributed by atoms with van der Waals surface area (Å²) in [5, 5.41) is 3.07. The Morgan fingerprint density at radius 3 is 2.37 bits per heavy atom. The van der Waals surface area contributed by atoms with Crippen molar-refractivity contribution >= 4 is 15.9 Å². The van der Waals surface area contributed by atoms with Gasteiger partial charge in [0, 0.05) is 25.2 Å². The lowest BCUT2D eigenvalue weighted by Gasteiger charge is -2.20. The minimum atomic E-state index is -3.85. The summed E-state index contributed by atoms with van der Waals surface area (Å²) >= 11 is 0. The second-order valence-electron chi connectivity index (χ2n) is 7.77. The molecule has 1 saturated carbocycles. The van der Waals surface area contributed by atoms with Crippen molar-refractivity contribution < 1.29 is 17.9 Å². The summed E-state index contributed by atoms with van der Waals surface area (Å²) in [5.41, 5.74) is 1.21. The van der Waals surface area contributed by atoms with Gasteiger partial charge in [0.05, 0.1) is 7.11 Å². The molecule has 0 saturated heterocycles. The van der Waals surface area contributed by atoms with Gasteiger partial charge >= 0.3 is 0 Å². The quantitative estimate of drug-likeness (QED) is 0.675. The summed E-state index contributed by atoms with van der Waals surface area (Å²) in [5.74, 6) is -0.0207. The van der Waals surface area contributed by atoms with Gasteiger partial charge in [0.25, 0.3) is 5.91 Å². The molecule has 0 bridgehead atoms. The van der Waals surface area contributed by atoms with Crippen LogP contribution in [0.5, 0.6) is 5.75 Å². The Kier molecular flexibility index (Phi) is 7.50. The van der Waals surface area contributed by atoms with Crippen molar-refractivity contribution in [1.29, 1.82) is 0 Å². The lowest BCUT2D eigenvalue weighted by Crippen LogP contribution is -2.34. The van der Waals surface area contributed by atoms with Crippen LogP contribution in [-0.2, 0) is 16.6 Å². The van der Waals surface area contributed by atoms with Crippen molar-refractivity contribution in [3.63, 3.8) is 0 Å². The van der Waals surface area contributed by atoms with Crippen LogP contribution in [0.1, 0.15) is 54.4 Å². The molecule has 0 aliphatic heterocycles. The van der Waals surface area contributed by atoms with E-state index < -0.39 is 10.0 Å². The maximum absolute atomic E-state index is 13.2. The van der Waals surface area contributed by atoms with Gasteiger partial charge < -0.3 is 10.1 Å². The third-order valence-corrected chi connectivity index (χ3v) is 7.38. The molecule has 0 aromatic heterocycles. The Bertz CT molecular complexity index is 952. The Morgan fingerprint density at radius 2 is 1.73 bits per heavy atom. The number of methoxy groups -OCH3 is 1. The molecule has 3 rings (SSSR count). The normalized spacial score (nSPS) is 15.6. The number of carbonyl (C=O) groups is 1. The molecular weight excluding hydrogens is 400 g/mol. The van der Waals surface area contributed by atoms with Crippen LogP contribution in [0, 0.1) is 0 Å². The van der Waals surface area contributed by atoms with E-state index in [0.29, 0.717) is 5.56 Å². The summed E-state index contributed by atoms with van der Waals surface area (Å²) in [7, 11) is -0.891. The highest BCUT2D eigenvalue weighted by Crippen LogP contribution is 2.28. The second kappa shape index (κ2) is 10.1. The average molecular weight is 431 g/mol. The summed E-state index contributed by atoms with van der Waals surface area (Å²) in [6, 6.07) is 14.1. The van der Waals surface area contributed by atoms with Gasteiger partial charge in [-0.15, -0.1) is 0 Å². The largest absolute Gasteiger partial charge is 0.495 e. The van der Waals surface area contributed by atoms with E-state index in [1.807, 2.05) is 30.3 Å². The maximum Gasteiger partial charge on any atom is 0.251 e. The van der Waals surface area contributed by atoms with Gasteiger partial charge in [-0.1, -0.05) is 56.0 Å². The second-order valence-corrected chi connectivity index (χ2v) is 9.79. The van der Waals surface area contributed by atoms with Crippen LogP contribution in [-0.4, -0.2) is 38.8 Å². The first-order valence-corrected chi connectivity index (χ1v) is 11.8. The van der Waals surface area contributed by atoms with E-state index in [9.17, 15) is 13.2 Å². The van der Waals surface area contributed by atoms with Crippen LogP contribution in [0.25, 0.3) is 0 Å². The third-order valence-electron chi connectivity index (χ3n) is 5.55. The fraction of sp³-hybridized carbons (Fsp3) is 0.435. The van der Waals surface area contributed by atoms with Crippen LogP contribution < -0.4 is 10.1 Å². The Hall–Kier alpha value is -2.38. The van der Waals surface area contributed by atoms with Crippen LogP contribution in [0.4, 0.5) is 0 Å². The maximum atomic E-state index is 13.2. The standard InChI is InChI=1S/C23H30N2O4S/c1-25(17-18-10-6-5-7-11-18)30(27,28)22-16-19(14-15-21(22)29-2)23(26)24-20-12-8-3-4-9-13-20/h5-7,10-11,14-16,20H,3-4,8-9,12-13,17H2,1-2H3,(H,24,26). The average Bonchev–Trinajstić information content (AvgIpc) is 3.02. The predicted molar refractivity (Wildman–Crippen MR) is 117 cm³/mol. The highest BCUT2D eigenvalue weighted by Gasteiger charge is 2.27. The molecule has 1 fully saturated rings. The monoisotopic (exact) mass is 430 g/mol. The van der Waals surface area contributed by atoms with Crippen molar-refractivity contribution in [2.75, 3.05) is 14.2 Å². The van der Waals surface area contributed by atoms with Gasteiger partial charge in [-0.2, -0.15) is 4.31 Å². The Morgan fingerprint density at radius 1 is 1.07 bits per heavy atom. The SMILES string of the molecule is COc1ccc(C(=O)NC2CCCCCC2)cc1S(=O)(=O)N(C)Cc1ccccc1. The molecule has 7 heteroatoms. The first kappa shape index (κ1) is 22.3. The molecule has 1 aliphatic carbocycles. The van der Waals surface area contributed by atoms with E-state index in [1.165, 1.54) is 37.4 Å². The van der Waals surface area contributed by atoms with E-state index in [4.69, 9.17) is 4.74 Å². The van der Waals surface area contributed by atoms with Crippen LogP contribution >= 0.6 is 0 Å². The highest BCUT2D eigenvalue weighted by molar-refractivity contribution is 7.89. The summed E-state index contributed by atoms with van der Waals surface area (Å²) in [6.45, 7) is 0.227. The number of nitrogens with zero attached hydrogens (tertiary/aromatic N) is 1. The summed E-state index contributed by atoms with van der Waals surface area (Å²) in [4.78, 5) is 12.8. The fourth-order valence-electron chi connectivity index (χ4n) is 3.81. The molecule has 162 valence electrons. The number of carbonyl (C=O) groups excluding carboxylic acids is 1. The van der Waals surface area contributed by atoms with E-state index >= 15 is 0 Å². The number of hydrogen-bond donors (Lipinski definition) is 1. The molecule has 0 heterocycles. The van der Waals surface area contributed by atoms with E-state index in [2.05, 4.69) is 5.32 Å². The lowest BCUT2D eigenvalue weighted by atomic mass is 10.1. The molecule has 0 atom stereocenters. The van der Waals surface area contributed by atoms with Gasteiger partial charge in [-0.05, 0) is 36.6 Å². The molecule has 1 N–H and O–H groups in total. The third kappa shape index (κ3) is 5.40. The molecule has 0 spiro atoms. The first-order valence-electron chi connectivity index (χ1n) is 10.4. The molecule has 6 nitrogen and oxygen atoms in total. The zero-order valence-electron chi connectivity index (χ0n) is 17.6. The number of amides is 1. The Balaban J connectivity index is 1.83. The number of hydrogen-bond acceptors (Lipinski definition) is 4. The lowest BCUT2D eigenvalue weighted by molar-refractivity contribution is 0.0933.